The number of nitrogens with zero attached hydrogens (tertiary/aromatic N) is 1. The van der Waals surface area contributed by atoms with Gasteiger partial charge in [-0.25, -0.2) is 4.79 Å². The van der Waals surface area contributed by atoms with Crippen LogP contribution in [-0.2, 0) is 4.74 Å². The molecule has 0 spiro atoms. The number of morpholine rings is 1. The van der Waals surface area contributed by atoms with Crippen molar-refractivity contribution in [3.63, 3.8) is 0 Å². The van der Waals surface area contributed by atoms with Gasteiger partial charge in [0.15, 0.2) is 0 Å². The second-order valence-electron chi connectivity index (χ2n) is 5.92. The summed E-state index contributed by atoms with van der Waals surface area (Å²) in [5.74, 6) is -1.11. The van der Waals surface area contributed by atoms with Crippen LogP contribution in [0.1, 0.15) is 39.3 Å². The average Bonchev–Trinajstić information content (AvgIpc) is 2.62. The standard InChI is InChI=1S/C19H19NO4/c1-13-12-24-17(14-5-3-2-4-6-14)11-20(13)18(21)15-7-9-16(10-8-15)19(22)23/h2-10,13,17H,11-12H2,1H3,(H,22,23). The van der Waals surface area contributed by atoms with E-state index in [0.717, 1.165) is 5.56 Å². The Labute approximate surface area is 140 Å². The first-order valence-corrected chi connectivity index (χ1v) is 7.87. The van der Waals surface area contributed by atoms with Crippen LogP contribution in [0.3, 0.4) is 0 Å². The maximum atomic E-state index is 12.8. The minimum Gasteiger partial charge on any atom is -0.478 e. The lowest BCUT2D eigenvalue weighted by atomic mass is 10.0. The fraction of sp³-hybridized carbons (Fsp3) is 0.263. The van der Waals surface area contributed by atoms with Crippen LogP contribution >= 0.6 is 0 Å². The predicted molar refractivity (Wildman–Crippen MR) is 89.0 cm³/mol. The van der Waals surface area contributed by atoms with Gasteiger partial charge in [-0.3, -0.25) is 4.79 Å². The van der Waals surface area contributed by atoms with Crippen molar-refractivity contribution in [2.75, 3.05) is 13.2 Å². The van der Waals surface area contributed by atoms with Gasteiger partial charge < -0.3 is 14.7 Å². The smallest absolute Gasteiger partial charge is 0.335 e. The van der Waals surface area contributed by atoms with Gasteiger partial charge in [0.1, 0.15) is 6.10 Å². The van der Waals surface area contributed by atoms with E-state index >= 15 is 0 Å². The molecule has 1 aliphatic heterocycles. The summed E-state index contributed by atoms with van der Waals surface area (Å²) < 4.78 is 5.87. The first-order valence-electron chi connectivity index (χ1n) is 7.87. The van der Waals surface area contributed by atoms with Crippen LogP contribution in [0.4, 0.5) is 0 Å². The molecule has 0 saturated carbocycles. The summed E-state index contributed by atoms with van der Waals surface area (Å²) in [4.78, 5) is 25.5. The molecule has 0 bridgehead atoms. The molecule has 1 amide bonds. The van der Waals surface area contributed by atoms with E-state index in [4.69, 9.17) is 9.84 Å². The average molecular weight is 325 g/mol. The lowest BCUT2D eigenvalue weighted by Crippen LogP contribution is -2.48. The molecule has 0 radical (unpaired) electrons. The molecule has 0 aromatic heterocycles. The van der Waals surface area contributed by atoms with Gasteiger partial charge in [-0.1, -0.05) is 30.3 Å². The van der Waals surface area contributed by atoms with Gasteiger partial charge in [0.25, 0.3) is 5.91 Å². The van der Waals surface area contributed by atoms with Crippen LogP contribution in [0.5, 0.6) is 0 Å². The van der Waals surface area contributed by atoms with Gasteiger partial charge in [0.2, 0.25) is 0 Å². The SMILES string of the molecule is CC1COC(c2ccccc2)CN1C(=O)c1ccc(C(=O)O)cc1. The van der Waals surface area contributed by atoms with Crippen LogP contribution in [0, 0.1) is 0 Å². The Morgan fingerprint density at radius 2 is 1.67 bits per heavy atom. The minimum atomic E-state index is -1.00. The number of benzene rings is 2. The number of hydrogen-bond acceptors (Lipinski definition) is 3. The summed E-state index contributed by atoms with van der Waals surface area (Å²) >= 11 is 0. The Morgan fingerprint density at radius 3 is 2.29 bits per heavy atom. The Kier molecular flexibility index (Phi) is 4.62. The van der Waals surface area contributed by atoms with Crippen molar-refractivity contribution in [1.82, 2.24) is 4.90 Å². The molecule has 3 rings (SSSR count). The first-order chi connectivity index (χ1) is 11.6. The van der Waals surface area contributed by atoms with E-state index in [-0.39, 0.29) is 23.6 Å². The number of amides is 1. The molecule has 5 heteroatoms. The number of carboxylic acid groups (broad SMARTS) is 1. The van der Waals surface area contributed by atoms with Crippen LogP contribution in [-0.4, -0.2) is 41.1 Å². The van der Waals surface area contributed by atoms with Gasteiger partial charge in [0, 0.05) is 5.56 Å². The van der Waals surface area contributed by atoms with Crippen molar-refractivity contribution in [1.29, 1.82) is 0 Å². The van der Waals surface area contributed by atoms with Crippen LogP contribution in [0.2, 0.25) is 0 Å². The third-order valence-electron chi connectivity index (χ3n) is 4.24. The normalized spacial score (nSPS) is 20.6. The summed E-state index contributed by atoms with van der Waals surface area (Å²) in [5.41, 5.74) is 1.70. The van der Waals surface area contributed by atoms with Crippen molar-refractivity contribution in [2.24, 2.45) is 0 Å². The summed E-state index contributed by atoms with van der Waals surface area (Å²) in [6.45, 7) is 2.90. The molecule has 1 aliphatic rings. The molecule has 2 aromatic carbocycles. The predicted octanol–water partition coefficient (Wildman–Crippen LogP) is 2.99. The molecule has 1 N–H and O–H groups in total. The van der Waals surface area contributed by atoms with Crippen molar-refractivity contribution >= 4 is 11.9 Å². The van der Waals surface area contributed by atoms with Crippen LogP contribution in [0.15, 0.2) is 54.6 Å². The second-order valence-corrected chi connectivity index (χ2v) is 5.92. The number of carbonyl (C=O) groups is 2. The van der Waals surface area contributed by atoms with Crippen molar-refractivity contribution in [2.45, 2.75) is 19.1 Å². The third kappa shape index (κ3) is 3.31. The van der Waals surface area contributed by atoms with E-state index in [9.17, 15) is 9.59 Å². The van der Waals surface area contributed by atoms with E-state index in [1.807, 2.05) is 37.3 Å². The zero-order chi connectivity index (χ0) is 17.1. The van der Waals surface area contributed by atoms with Crippen molar-refractivity contribution in [3.8, 4) is 0 Å². The van der Waals surface area contributed by atoms with Gasteiger partial charge >= 0.3 is 5.97 Å². The second kappa shape index (κ2) is 6.84. The van der Waals surface area contributed by atoms with E-state index < -0.39 is 5.97 Å². The molecule has 0 aliphatic carbocycles. The van der Waals surface area contributed by atoms with Crippen LogP contribution in [0.25, 0.3) is 0 Å². The number of hydrogen-bond donors (Lipinski definition) is 1. The zero-order valence-electron chi connectivity index (χ0n) is 13.4. The summed E-state index contributed by atoms with van der Waals surface area (Å²) in [5, 5.41) is 8.95. The quantitative estimate of drug-likeness (QED) is 0.942. The molecule has 2 unspecified atom stereocenters. The molecule has 2 atom stereocenters. The molecule has 1 fully saturated rings. The Morgan fingerprint density at radius 1 is 1.04 bits per heavy atom. The summed E-state index contributed by atoms with van der Waals surface area (Å²) in [6, 6.07) is 15.8. The Balaban J connectivity index is 1.78. The fourth-order valence-corrected chi connectivity index (χ4v) is 2.83. The van der Waals surface area contributed by atoms with E-state index in [0.29, 0.717) is 18.7 Å². The number of carboxylic acids is 1. The highest BCUT2D eigenvalue weighted by molar-refractivity contribution is 5.96. The number of aromatic carboxylic acids is 1. The van der Waals surface area contributed by atoms with Gasteiger partial charge in [-0.05, 0) is 36.8 Å². The minimum absolute atomic E-state index is 0.0309. The molecule has 2 aromatic rings. The highest BCUT2D eigenvalue weighted by Gasteiger charge is 2.31. The lowest BCUT2D eigenvalue weighted by Gasteiger charge is -2.38. The largest absolute Gasteiger partial charge is 0.478 e. The van der Waals surface area contributed by atoms with Crippen LogP contribution < -0.4 is 0 Å². The van der Waals surface area contributed by atoms with E-state index in [2.05, 4.69) is 0 Å². The molecule has 1 saturated heterocycles. The van der Waals surface area contributed by atoms with Gasteiger partial charge in [-0.2, -0.15) is 0 Å². The topological polar surface area (TPSA) is 66.8 Å². The maximum Gasteiger partial charge on any atom is 0.335 e. The van der Waals surface area contributed by atoms with Crippen molar-refractivity contribution < 1.29 is 19.4 Å². The zero-order valence-corrected chi connectivity index (χ0v) is 13.4. The number of rotatable bonds is 3. The molecular formula is C19H19NO4. The number of ether oxygens (including phenoxy) is 1. The molecule has 1 heterocycles. The van der Waals surface area contributed by atoms with E-state index in [1.54, 1.807) is 17.0 Å². The first kappa shape index (κ1) is 16.2. The Hall–Kier alpha value is -2.66. The maximum absolute atomic E-state index is 12.8. The van der Waals surface area contributed by atoms with Gasteiger partial charge in [0.05, 0.1) is 24.8 Å². The monoisotopic (exact) mass is 325 g/mol. The number of carbonyl (C=O) groups excluding carboxylic acids is 1. The molecular weight excluding hydrogens is 306 g/mol. The van der Waals surface area contributed by atoms with Crippen molar-refractivity contribution in [3.05, 3.63) is 71.3 Å². The molecule has 24 heavy (non-hydrogen) atoms. The highest BCUT2D eigenvalue weighted by atomic mass is 16.5. The summed E-state index contributed by atoms with van der Waals surface area (Å²) in [6.07, 6.45) is -0.148. The Bertz CT molecular complexity index is 727. The fourth-order valence-electron chi connectivity index (χ4n) is 2.83. The van der Waals surface area contributed by atoms with Gasteiger partial charge in [-0.15, -0.1) is 0 Å². The lowest BCUT2D eigenvalue weighted by molar-refractivity contribution is -0.0486. The molecule has 5 nitrogen and oxygen atoms in total. The highest BCUT2D eigenvalue weighted by Crippen LogP contribution is 2.26. The summed E-state index contributed by atoms with van der Waals surface area (Å²) in [7, 11) is 0. The third-order valence-corrected chi connectivity index (χ3v) is 4.24. The molecule has 124 valence electrons. The van der Waals surface area contributed by atoms with E-state index in [1.165, 1.54) is 12.1 Å².